The van der Waals surface area contributed by atoms with E-state index in [4.69, 9.17) is 9.84 Å². The third-order valence-electron chi connectivity index (χ3n) is 2.13. The van der Waals surface area contributed by atoms with Crippen LogP contribution in [-0.2, 0) is 0 Å². The van der Waals surface area contributed by atoms with Crippen LogP contribution in [0.4, 0.5) is 0 Å². The number of carboxylic acids is 1. The zero-order valence-corrected chi connectivity index (χ0v) is 10.3. The van der Waals surface area contributed by atoms with Gasteiger partial charge in [0.1, 0.15) is 5.03 Å². The third kappa shape index (κ3) is 2.78. The van der Waals surface area contributed by atoms with Gasteiger partial charge in [0, 0.05) is 23.4 Å². The molecule has 0 aliphatic heterocycles. The van der Waals surface area contributed by atoms with Crippen LogP contribution in [0.1, 0.15) is 10.4 Å². The Kier molecular flexibility index (Phi) is 3.78. The van der Waals surface area contributed by atoms with Gasteiger partial charge in [-0.05, 0) is 18.2 Å². The number of rotatable bonds is 4. The standard InChI is InChI=1S/C12H10N2O3S/c1-17-10-7-8(4-6-13-10)18-11-9(12(15)16)3-2-5-14-11/h2-7H,1H3,(H,15,16). The summed E-state index contributed by atoms with van der Waals surface area (Å²) in [7, 11) is 1.53. The molecule has 2 aromatic rings. The Labute approximate surface area is 108 Å². The predicted octanol–water partition coefficient (Wildman–Crippen LogP) is 2.33. The minimum absolute atomic E-state index is 0.179. The second kappa shape index (κ2) is 5.50. The van der Waals surface area contributed by atoms with Gasteiger partial charge in [0.2, 0.25) is 5.88 Å². The molecular weight excluding hydrogens is 252 g/mol. The van der Waals surface area contributed by atoms with Crippen molar-refractivity contribution in [1.82, 2.24) is 9.97 Å². The van der Waals surface area contributed by atoms with Crippen LogP contribution in [-0.4, -0.2) is 28.2 Å². The van der Waals surface area contributed by atoms with E-state index >= 15 is 0 Å². The van der Waals surface area contributed by atoms with Gasteiger partial charge in [-0.15, -0.1) is 0 Å². The fraction of sp³-hybridized carbons (Fsp3) is 0.0833. The summed E-state index contributed by atoms with van der Waals surface area (Å²) < 4.78 is 5.01. The summed E-state index contributed by atoms with van der Waals surface area (Å²) in [5.41, 5.74) is 0.179. The Morgan fingerprint density at radius 1 is 1.33 bits per heavy atom. The topological polar surface area (TPSA) is 72.3 Å². The molecule has 6 heteroatoms. The fourth-order valence-corrected chi connectivity index (χ4v) is 2.20. The lowest BCUT2D eigenvalue weighted by atomic mass is 10.3. The maximum absolute atomic E-state index is 11.0. The molecule has 18 heavy (non-hydrogen) atoms. The predicted molar refractivity (Wildman–Crippen MR) is 66.1 cm³/mol. The summed E-state index contributed by atoms with van der Waals surface area (Å²) in [6.45, 7) is 0. The molecule has 0 atom stereocenters. The maximum Gasteiger partial charge on any atom is 0.338 e. The highest BCUT2D eigenvalue weighted by atomic mass is 32.2. The molecule has 2 aromatic heterocycles. The first kappa shape index (κ1) is 12.4. The van der Waals surface area contributed by atoms with Crippen LogP contribution >= 0.6 is 11.8 Å². The van der Waals surface area contributed by atoms with Crippen molar-refractivity contribution < 1.29 is 14.6 Å². The van der Waals surface area contributed by atoms with Crippen molar-refractivity contribution in [3.8, 4) is 5.88 Å². The normalized spacial score (nSPS) is 10.1. The monoisotopic (exact) mass is 262 g/mol. The van der Waals surface area contributed by atoms with E-state index in [2.05, 4.69) is 9.97 Å². The molecule has 0 bridgehead atoms. The Morgan fingerprint density at radius 2 is 2.17 bits per heavy atom. The minimum Gasteiger partial charge on any atom is -0.481 e. The van der Waals surface area contributed by atoms with Gasteiger partial charge in [0.05, 0.1) is 12.7 Å². The van der Waals surface area contributed by atoms with Gasteiger partial charge in [0.25, 0.3) is 0 Å². The summed E-state index contributed by atoms with van der Waals surface area (Å²) in [6, 6.07) is 6.62. The molecule has 0 unspecified atom stereocenters. The molecule has 0 saturated carbocycles. The van der Waals surface area contributed by atoms with Gasteiger partial charge < -0.3 is 9.84 Å². The van der Waals surface area contributed by atoms with Crippen LogP contribution in [0.15, 0.2) is 46.6 Å². The number of pyridine rings is 2. The van der Waals surface area contributed by atoms with Crippen LogP contribution in [0.25, 0.3) is 0 Å². The highest BCUT2D eigenvalue weighted by Crippen LogP contribution is 2.29. The Balaban J connectivity index is 2.31. The molecule has 0 aliphatic rings. The molecule has 0 fully saturated rings. The highest BCUT2D eigenvalue weighted by molar-refractivity contribution is 7.99. The first-order chi connectivity index (χ1) is 8.70. The van der Waals surface area contributed by atoms with Gasteiger partial charge in [0.15, 0.2) is 0 Å². The summed E-state index contributed by atoms with van der Waals surface area (Å²) in [5.74, 6) is -0.514. The smallest absolute Gasteiger partial charge is 0.338 e. The average Bonchev–Trinajstić information content (AvgIpc) is 2.39. The van der Waals surface area contributed by atoms with Gasteiger partial charge in [-0.25, -0.2) is 14.8 Å². The fourth-order valence-electron chi connectivity index (χ4n) is 1.31. The van der Waals surface area contributed by atoms with Crippen molar-refractivity contribution in [1.29, 1.82) is 0 Å². The SMILES string of the molecule is COc1cc(Sc2ncccc2C(=O)O)ccn1. The molecule has 0 amide bonds. The van der Waals surface area contributed by atoms with E-state index in [-0.39, 0.29) is 5.56 Å². The number of ether oxygens (including phenoxy) is 1. The van der Waals surface area contributed by atoms with E-state index in [1.165, 1.54) is 24.9 Å². The van der Waals surface area contributed by atoms with E-state index in [0.717, 1.165) is 4.90 Å². The largest absolute Gasteiger partial charge is 0.481 e. The van der Waals surface area contributed by atoms with Crippen molar-refractivity contribution in [3.63, 3.8) is 0 Å². The number of hydrogen-bond donors (Lipinski definition) is 1. The quantitative estimate of drug-likeness (QED) is 0.911. The van der Waals surface area contributed by atoms with Crippen LogP contribution in [0, 0.1) is 0 Å². The zero-order chi connectivity index (χ0) is 13.0. The molecule has 0 aromatic carbocycles. The molecule has 2 rings (SSSR count). The lowest BCUT2D eigenvalue weighted by Gasteiger charge is -2.05. The highest BCUT2D eigenvalue weighted by Gasteiger charge is 2.12. The van der Waals surface area contributed by atoms with E-state index in [0.29, 0.717) is 10.9 Å². The number of aromatic nitrogens is 2. The van der Waals surface area contributed by atoms with Crippen LogP contribution in [0.2, 0.25) is 0 Å². The van der Waals surface area contributed by atoms with Gasteiger partial charge in [-0.2, -0.15) is 0 Å². The van der Waals surface area contributed by atoms with Crippen LogP contribution in [0.3, 0.4) is 0 Å². The molecule has 0 spiro atoms. The second-order valence-corrected chi connectivity index (χ2v) is 4.36. The van der Waals surface area contributed by atoms with Gasteiger partial charge in [-0.3, -0.25) is 0 Å². The van der Waals surface area contributed by atoms with E-state index in [1.807, 2.05) is 0 Å². The van der Waals surface area contributed by atoms with Crippen LogP contribution < -0.4 is 4.74 Å². The lowest BCUT2D eigenvalue weighted by Crippen LogP contribution is -2.00. The molecule has 2 heterocycles. The van der Waals surface area contributed by atoms with Gasteiger partial charge >= 0.3 is 5.97 Å². The number of aromatic carboxylic acids is 1. The first-order valence-electron chi connectivity index (χ1n) is 5.07. The summed E-state index contributed by atoms with van der Waals surface area (Å²) in [6.07, 6.45) is 3.16. The van der Waals surface area contributed by atoms with E-state index in [9.17, 15) is 4.79 Å². The lowest BCUT2D eigenvalue weighted by molar-refractivity contribution is 0.0692. The number of carbonyl (C=O) groups is 1. The molecule has 0 saturated heterocycles. The molecule has 1 N–H and O–H groups in total. The number of carboxylic acid groups (broad SMARTS) is 1. The molecule has 0 radical (unpaired) electrons. The molecule has 5 nitrogen and oxygen atoms in total. The zero-order valence-electron chi connectivity index (χ0n) is 9.53. The Bertz CT molecular complexity index is 575. The molecular formula is C12H10N2O3S. The number of hydrogen-bond acceptors (Lipinski definition) is 5. The van der Waals surface area contributed by atoms with E-state index in [1.54, 1.807) is 30.6 Å². The minimum atomic E-state index is -0.994. The summed E-state index contributed by atoms with van der Waals surface area (Å²) >= 11 is 1.26. The van der Waals surface area contributed by atoms with Crippen molar-refractivity contribution in [2.75, 3.05) is 7.11 Å². The van der Waals surface area contributed by atoms with Crippen molar-refractivity contribution in [2.24, 2.45) is 0 Å². The number of methoxy groups -OCH3 is 1. The van der Waals surface area contributed by atoms with Crippen molar-refractivity contribution in [3.05, 3.63) is 42.2 Å². The summed E-state index contributed by atoms with van der Waals surface area (Å²) in [4.78, 5) is 19.9. The maximum atomic E-state index is 11.0. The first-order valence-corrected chi connectivity index (χ1v) is 5.88. The number of nitrogens with zero attached hydrogens (tertiary/aromatic N) is 2. The average molecular weight is 262 g/mol. The second-order valence-electron chi connectivity index (χ2n) is 3.30. The van der Waals surface area contributed by atoms with Crippen molar-refractivity contribution >= 4 is 17.7 Å². The molecule has 0 aliphatic carbocycles. The van der Waals surface area contributed by atoms with Crippen LogP contribution in [0.5, 0.6) is 5.88 Å². The Morgan fingerprint density at radius 3 is 2.89 bits per heavy atom. The molecule has 92 valence electrons. The summed E-state index contributed by atoms with van der Waals surface area (Å²) in [5, 5.41) is 9.50. The Hall–Kier alpha value is -2.08. The van der Waals surface area contributed by atoms with E-state index < -0.39 is 5.97 Å². The van der Waals surface area contributed by atoms with Gasteiger partial charge in [-0.1, -0.05) is 11.8 Å². The van der Waals surface area contributed by atoms with Crippen molar-refractivity contribution in [2.45, 2.75) is 9.92 Å². The third-order valence-corrected chi connectivity index (χ3v) is 3.14.